The van der Waals surface area contributed by atoms with Crippen LogP contribution in [0.5, 0.6) is 0 Å². The largest absolute Gasteiger partial charge is 0.366 e. The Morgan fingerprint density at radius 2 is 2.50 bits per heavy atom. The summed E-state index contributed by atoms with van der Waals surface area (Å²) in [5.74, 6) is 0.238. The number of hydrogen-bond donors (Lipinski definition) is 3. The molecule has 0 spiro atoms. The van der Waals surface area contributed by atoms with Crippen molar-refractivity contribution in [3.05, 3.63) is 23.4 Å². The molecule has 5 heteroatoms. The Morgan fingerprint density at radius 3 is 3.17 bits per heavy atom. The van der Waals surface area contributed by atoms with Crippen molar-refractivity contribution < 1.29 is 9.90 Å². The summed E-state index contributed by atoms with van der Waals surface area (Å²) in [7, 11) is 0. The Balaban J connectivity index is 2.46. The van der Waals surface area contributed by atoms with Crippen LogP contribution in [0.4, 0.5) is 0 Å². The van der Waals surface area contributed by atoms with Gasteiger partial charge in [-0.1, -0.05) is 0 Å². The lowest BCUT2D eigenvalue weighted by Gasteiger charge is -2.12. The molecule has 0 radical (unpaired) electrons. The molecule has 0 amide bonds. The Bertz CT molecular complexity index is 307. The van der Waals surface area contributed by atoms with E-state index in [2.05, 4.69) is 4.72 Å². The van der Waals surface area contributed by atoms with Crippen molar-refractivity contribution in [3.8, 4) is 0 Å². The van der Waals surface area contributed by atoms with Gasteiger partial charge in [0, 0.05) is 17.5 Å². The second-order valence-electron chi connectivity index (χ2n) is 2.79. The van der Waals surface area contributed by atoms with Crippen molar-refractivity contribution in [2.45, 2.75) is 5.72 Å². The van der Waals surface area contributed by atoms with E-state index in [-0.39, 0.29) is 0 Å². The molecule has 1 atom stereocenters. The normalized spacial score (nSPS) is 33.7. The minimum atomic E-state index is -1.78. The van der Waals surface area contributed by atoms with Crippen LogP contribution in [0.2, 0.25) is 0 Å². The van der Waals surface area contributed by atoms with Gasteiger partial charge in [-0.2, -0.15) is 0 Å². The van der Waals surface area contributed by atoms with Crippen molar-refractivity contribution in [1.29, 1.82) is 0 Å². The summed E-state index contributed by atoms with van der Waals surface area (Å²) < 4.78 is 2.85. The highest BCUT2D eigenvalue weighted by Crippen LogP contribution is 2.30. The third-order valence-electron chi connectivity index (χ3n) is 1.86. The van der Waals surface area contributed by atoms with Gasteiger partial charge in [0.25, 0.3) is 0 Å². The molecule has 64 valence electrons. The number of ketones is 1. The van der Waals surface area contributed by atoms with E-state index in [1.54, 1.807) is 6.20 Å². The highest BCUT2D eigenvalue weighted by Gasteiger charge is 2.40. The third kappa shape index (κ3) is 0.979. The molecule has 2 aliphatic rings. The highest BCUT2D eigenvalue weighted by atomic mass is 32.2. The Hall–Kier alpha value is -0.780. The summed E-state index contributed by atoms with van der Waals surface area (Å²) in [5, 5.41) is 9.37. The molecule has 1 unspecified atom stereocenters. The number of carbonyl (C=O) groups excluding carboxylic acids is 1. The molecule has 0 bridgehead atoms. The summed E-state index contributed by atoms with van der Waals surface area (Å²) in [4.78, 5) is 11.3. The zero-order chi connectivity index (χ0) is 8.77. The van der Waals surface area contributed by atoms with Gasteiger partial charge in [-0.3, -0.25) is 10.5 Å². The number of nitrogens with two attached hydrogens (primary N) is 1. The van der Waals surface area contributed by atoms with Crippen LogP contribution >= 0.6 is 11.9 Å². The van der Waals surface area contributed by atoms with Crippen molar-refractivity contribution >= 4 is 17.7 Å². The number of nitrogens with one attached hydrogen (secondary N) is 1. The fourth-order valence-electron chi connectivity index (χ4n) is 1.27. The average molecular weight is 184 g/mol. The number of Topliss-reactive ketones (excluding diaryl/α,β-unsaturated/α-hetero) is 1. The molecule has 4 nitrogen and oxygen atoms in total. The predicted molar refractivity (Wildman–Crippen MR) is 45.9 cm³/mol. The first-order valence-corrected chi connectivity index (χ1v) is 4.45. The van der Waals surface area contributed by atoms with Gasteiger partial charge in [0.1, 0.15) is 0 Å². The highest BCUT2D eigenvalue weighted by molar-refractivity contribution is 7.97. The van der Waals surface area contributed by atoms with Crippen molar-refractivity contribution in [2.24, 2.45) is 5.73 Å². The molecule has 0 aromatic rings. The maximum Gasteiger partial charge on any atom is 0.215 e. The van der Waals surface area contributed by atoms with E-state index >= 15 is 0 Å². The lowest BCUT2D eigenvalue weighted by molar-refractivity contribution is -0.127. The van der Waals surface area contributed by atoms with Crippen molar-refractivity contribution in [2.75, 3.05) is 5.75 Å². The number of hydrogen-bond acceptors (Lipinski definition) is 5. The fourth-order valence-corrected chi connectivity index (χ4v) is 1.95. The van der Waals surface area contributed by atoms with Crippen LogP contribution in [-0.4, -0.2) is 22.4 Å². The first kappa shape index (κ1) is 7.85. The monoisotopic (exact) mass is 184 g/mol. The van der Waals surface area contributed by atoms with Crippen LogP contribution in [0.15, 0.2) is 23.4 Å². The molecule has 0 aromatic heterocycles. The standard InChI is InChI=1S/C7H8N2O2S/c8-7(11)1-4-3-12-9-2-5(4)6(7)10/h1-2,9,11H,3,8H2. The van der Waals surface area contributed by atoms with E-state index in [9.17, 15) is 9.90 Å². The molecular weight excluding hydrogens is 176 g/mol. The van der Waals surface area contributed by atoms with Gasteiger partial charge in [-0.05, 0) is 23.6 Å². The van der Waals surface area contributed by atoms with Crippen LogP contribution in [0, 0.1) is 0 Å². The van der Waals surface area contributed by atoms with Crippen LogP contribution in [-0.2, 0) is 4.79 Å². The van der Waals surface area contributed by atoms with Gasteiger partial charge in [-0.25, -0.2) is 0 Å². The lowest BCUT2D eigenvalue weighted by atomic mass is 10.1. The summed E-state index contributed by atoms with van der Waals surface area (Å²) in [5.41, 5.74) is 4.86. The van der Waals surface area contributed by atoms with Gasteiger partial charge >= 0.3 is 0 Å². The number of fused-ring (bicyclic) bond motifs is 1. The van der Waals surface area contributed by atoms with Crippen molar-refractivity contribution in [1.82, 2.24) is 4.72 Å². The SMILES string of the molecule is NC1(O)C=C2CSNC=C2C1=O. The van der Waals surface area contributed by atoms with Crippen molar-refractivity contribution in [3.63, 3.8) is 0 Å². The maximum atomic E-state index is 11.3. The summed E-state index contributed by atoms with van der Waals surface area (Å²) in [6.07, 6.45) is 2.99. The molecule has 4 N–H and O–H groups in total. The number of rotatable bonds is 0. The minimum absolute atomic E-state index is 0.426. The van der Waals surface area contributed by atoms with Crippen LogP contribution < -0.4 is 10.5 Å². The smallest absolute Gasteiger partial charge is 0.215 e. The molecular formula is C7H8N2O2S. The minimum Gasteiger partial charge on any atom is -0.366 e. The second-order valence-corrected chi connectivity index (χ2v) is 3.60. The zero-order valence-corrected chi connectivity index (χ0v) is 7.02. The fraction of sp³-hybridized carbons (Fsp3) is 0.286. The number of aliphatic hydroxyl groups is 1. The second kappa shape index (κ2) is 2.35. The van der Waals surface area contributed by atoms with E-state index in [0.29, 0.717) is 11.3 Å². The molecule has 1 heterocycles. The Kier molecular flexibility index (Phi) is 1.54. The Labute approximate surface area is 73.6 Å². The molecule has 1 aliphatic carbocycles. The molecule has 2 rings (SSSR count). The molecule has 0 saturated carbocycles. The van der Waals surface area contributed by atoms with E-state index in [1.807, 2.05) is 0 Å². The lowest BCUT2D eigenvalue weighted by Crippen LogP contribution is -2.43. The van der Waals surface area contributed by atoms with Crippen LogP contribution in [0.25, 0.3) is 0 Å². The van der Waals surface area contributed by atoms with Crippen LogP contribution in [0.1, 0.15) is 0 Å². The molecule has 0 aromatic carbocycles. The third-order valence-corrected chi connectivity index (χ3v) is 2.60. The summed E-state index contributed by atoms with van der Waals surface area (Å²) >= 11 is 1.46. The van der Waals surface area contributed by atoms with Gasteiger partial charge in [-0.15, -0.1) is 0 Å². The quantitative estimate of drug-likeness (QED) is 0.342. The maximum absolute atomic E-state index is 11.3. The molecule has 0 fully saturated rings. The molecule has 12 heavy (non-hydrogen) atoms. The predicted octanol–water partition coefficient (Wildman–Crippen LogP) is -0.722. The van der Waals surface area contributed by atoms with E-state index < -0.39 is 11.5 Å². The average Bonchev–Trinajstić information content (AvgIpc) is 2.24. The first-order valence-electron chi connectivity index (χ1n) is 3.47. The van der Waals surface area contributed by atoms with E-state index in [0.717, 1.165) is 5.57 Å². The Morgan fingerprint density at radius 1 is 1.75 bits per heavy atom. The van der Waals surface area contributed by atoms with Crippen LogP contribution in [0.3, 0.4) is 0 Å². The van der Waals surface area contributed by atoms with E-state index in [4.69, 9.17) is 5.73 Å². The van der Waals surface area contributed by atoms with Gasteiger partial charge < -0.3 is 9.83 Å². The van der Waals surface area contributed by atoms with E-state index in [1.165, 1.54) is 18.0 Å². The molecule has 1 aliphatic heterocycles. The molecule has 0 saturated heterocycles. The first-order chi connectivity index (χ1) is 5.61. The van der Waals surface area contributed by atoms with Gasteiger partial charge in [0.2, 0.25) is 5.78 Å². The number of carbonyl (C=O) groups is 1. The zero-order valence-electron chi connectivity index (χ0n) is 6.20. The van der Waals surface area contributed by atoms with Gasteiger partial charge in [0.05, 0.1) is 0 Å². The summed E-state index contributed by atoms with van der Waals surface area (Å²) in [6, 6.07) is 0. The van der Waals surface area contributed by atoms with Gasteiger partial charge in [0.15, 0.2) is 5.72 Å². The summed E-state index contributed by atoms with van der Waals surface area (Å²) in [6.45, 7) is 0. The topological polar surface area (TPSA) is 75.3 Å².